The molecule has 0 aromatic heterocycles. The molecule has 0 aliphatic heterocycles. The van der Waals surface area contributed by atoms with Crippen molar-refractivity contribution < 1.29 is 28.8 Å². The standard InChI is InChI=1S/C16H24N2O6/c1-3-16(17,18(22,9-19)23-2)14(21)24-8-15-5-10-4-11(6-15)13(20)12(10)7-15/h9-12H,3-8,17H2,1-2H3. The number of Topliss-reactive ketones (excluding diaryl/α,β-unsaturated/α-hetero) is 1. The molecule has 24 heavy (non-hydrogen) atoms. The van der Waals surface area contributed by atoms with E-state index in [1.807, 2.05) is 0 Å². The summed E-state index contributed by atoms with van der Waals surface area (Å²) in [6.45, 7) is 1.65. The van der Waals surface area contributed by atoms with Crippen molar-refractivity contribution in [3.63, 3.8) is 0 Å². The van der Waals surface area contributed by atoms with Gasteiger partial charge in [0.25, 0.3) is 5.66 Å². The number of nitrogens with zero attached hydrogens (tertiary/aromatic N) is 1. The number of ketones is 1. The first kappa shape index (κ1) is 17.5. The van der Waals surface area contributed by atoms with Gasteiger partial charge in [0, 0.05) is 23.7 Å². The molecule has 0 aromatic rings. The van der Waals surface area contributed by atoms with E-state index < -0.39 is 16.4 Å². The second-order valence-electron chi connectivity index (χ2n) is 7.55. The maximum atomic E-state index is 12.5. The first-order valence-electron chi connectivity index (χ1n) is 8.36. The summed E-state index contributed by atoms with van der Waals surface area (Å²) in [7, 11) is 1.02. The molecule has 0 radical (unpaired) electrons. The van der Waals surface area contributed by atoms with Crippen LogP contribution in [0.1, 0.15) is 39.0 Å². The Hall–Kier alpha value is -1.35. The maximum absolute atomic E-state index is 12.5. The van der Waals surface area contributed by atoms with E-state index in [1.165, 1.54) is 6.92 Å². The normalized spacial score (nSPS) is 38.7. The van der Waals surface area contributed by atoms with Gasteiger partial charge in [-0.15, -0.1) is 4.81 Å². The second kappa shape index (κ2) is 5.59. The van der Waals surface area contributed by atoms with E-state index in [-0.39, 0.29) is 36.7 Å². The van der Waals surface area contributed by atoms with E-state index in [0.29, 0.717) is 11.7 Å². The Kier molecular flexibility index (Phi) is 4.07. The molecule has 4 rings (SSSR count). The molecule has 0 aromatic carbocycles. The lowest BCUT2D eigenvalue weighted by molar-refractivity contribution is -1.03. The van der Waals surface area contributed by atoms with Crippen molar-refractivity contribution in [2.24, 2.45) is 28.9 Å². The first-order valence-corrected chi connectivity index (χ1v) is 8.36. The summed E-state index contributed by atoms with van der Waals surface area (Å²) in [4.78, 5) is 38.3. The van der Waals surface area contributed by atoms with Crippen LogP contribution in [0.2, 0.25) is 0 Å². The Labute approximate surface area is 140 Å². The van der Waals surface area contributed by atoms with Gasteiger partial charge in [-0.1, -0.05) is 6.92 Å². The summed E-state index contributed by atoms with van der Waals surface area (Å²) in [6, 6.07) is 0. The molecule has 0 heterocycles. The average molecular weight is 340 g/mol. The number of quaternary nitrogens is 1. The highest BCUT2D eigenvalue weighted by molar-refractivity contribution is 5.87. The third-order valence-corrected chi connectivity index (χ3v) is 6.32. The molecule has 6 unspecified atom stereocenters. The van der Waals surface area contributed by atoms with Crippen molar-refractivity contribution in [1.29, 1.82) is 0 Å². The highest BCUT2D eigenvalue weighted by Gasteiger charge is 2.61. The van der Waals surface area contributed by atoms with Crippen molar-refractivity contribution in [3.05, 3.63) is 5.21 Å². The molecule has 8 nitrogen and oxygen atoms in total. The van der Waals surface area contributed by atoms with Crippen LogP contribution >= 0.6 is 0 Å². The van der Waals surface area contributed by atoms with Crippen LogP contribution in [0.5, 0.6) is 0 Å². The number of carbonyl (C=O) groups is 3. The minimum Gasteiger partial charge on any atom is -0.589 e. The van der Waals surface area contributed by atoms with Crippen LogP contribution in [-0.4, -0.2) is 42.4 Å². The Balaban J connectivity index is 1.70. The molecule has 2 N–H and O–H groups in total. The highest BCUT2D eigenvalue weighted by atomic mass is 16.9. The van der Waals surface area contributed by atoms with Crippen molar-refractivity contribution in [2.75, 3.05) is 13.7 Å². The Morgan fingerprint density at radius 2 is 2.21 bits per heavy atom. The van der Waals surface area contributed by atoms with Crippen molar-refractivity contribution >= 4 is 18.2 Å². The zero-order valence-corrected chi connectivity index (χ0v) is 14.0. The number of amides is 1. The summed E-state index contributed by atoms with van der Waals surface area (Å²) < 4.78 is 5.38. The lowest BCUT2D eigenvalue weighted by atomic mass is 9.69. The van der Waals surface area contributed by atoms with Crippen molar-refractivity contribution in [1.82, 2.24) is 0 Å². The Morgan fingerprint density at radius 1 is 1.50 bits per heavy atom. The monoisotopic (exact) mass is 340 g/mol. The van der Waals surface area contributed by atoms with Gasteiger partial charge < -0.3 is 9.94 Å². The van der Waals surface area contributed by atoms with Gasteiger partial charge in [0.15, 0.2) is 0 Å². The molecule has 4 saturated carbocycles. The van der Waals surface area contributed by atoms with Gasteiger partial charge >= 0.3 is 12.4 Å². The predicted molar refractivity (Wildman–Crippen MR) is 81.2 cm³/mol. The number of rotatable bonds is 7. The van der Waals surface area contributed by atoms with Crippen LogP contribution in [0, 0.1) is 28.4 Å². The van der Waals surface area contributed by atoms with Crippen LogP contribution in [0.3, 0.4) is 0 Å². The van der Waals surface area contributed by atoms with Gasteiger partial charge in [-0.3, -0.25) is 10.5 Å². The number of carbonyl (C=O) groups excluding carboxylic acids is 3. The van der Waals surface area contributed by atoms with Gasteiger partial charge in [0.2, 0.25) is 0 Å². The summed E-state index contributed by atoms with van der Waals surface area (Å²) >= 11 is 0. The van der Waals surface area contributed by atoms with E-state index in [9.17, 15) is 19.6 Å². The van der Waals surface area contributed by atoms with Gasteiger partial charge in [0.05, 0.1) is 13.7 Å². The Bertz CT molecular complexity index is 579. The van der Waals surface area contributed by atoms with E-state index in [0.717, 1.165) is 32.8 Å². The molecule has 0 spiro atoms. The third-order valence-electron chi connectivity index (χ3n) is 6.32. The predicted octanol–water partition coefficient (Wildman–Crippen LogP) is 0.632. The van der Waals surface area contributed by atoms with E-state index >= 15 is 0 Å². The maximum Gasteiger partial charge on any atom is 0.388 e. The third kappa shape index (κ3) is 2.24. The lowest BCUT2D eigenvalue weighted by Crippen LogP contribution is -2.69. The molecule has 4 fully saturated rings. The van der Waals surface area contributed by atoms with Crippen molar-refractivity contribution in [3.8, 4) is 0 Å². The van der Waals surface area contributed by atoms with Crippen LogP contribution < -0.4 is 5.73 Å². The second-order valence-corrected chi connectivity index (χ2v) is 7.55. The van der Waals surface area contributed by atoms with Crippen LogP contribution in [0.4, 0.5) is 0 Å². The molecule has 0 saturated heterocycles. The zero-order chi connectivity index (χ0) is 17.8. The van der Waals surface area contributed by atoms with Gasteiger partial charge in [-0.2, -0.15) is 4.84 Å². The summed E-state index contributed by atoms with van der Waals surface area (Å²) in [5, 5.41) is 12.3. The van der Waals surface area contributed by atoms with Gasteiger partial charge in [-0.25, -0.2) is 9.59 Å². The number of nitrogens with two attached hydrogens (primary N) is 1. The number of hydroxylamine groups is 4. The lowest BCUT2D eigenvalue weighted by Gasteiger charge is -2.43. The fourth-order valence-corrected chi connectivity index (χ4v) is 4.97. The summed E-state index contributed by atoms with van der Waals surface area (Å²) in [6.07, 6.45) is 3.12. The minimum absolute atomic E-state index is 0.0525. The molecule has 8 heteroatoms. The van der Waals surface area contributed by atoms with Crippen LogP contribution in [0.25, 0.3) is 0 Å². The largest absolute Gasteiger partial charge is 0.589 e. The smallest absolute Gasteiger partial charge is 0.388 e. The zero-order valence-electron chi connectivity index (χ0n) is 14.0. The molecule has 1 amide bonds. The topological polar surface area (TPSA) is 119 Å². The fourth-order valence-electron chi connectivity index (χ4n) is 4.97. The van der Waals surface area contributed by atoms with Gasteiger partial charge in [-0.05, 0) is 31.6 Å². The van der Waals surface area contributed by atoms with Crippen LogP contribution in [-0.2, 0) is 24.0 Å². The quantitative estimate of drug-likeness (QED) is 0.237. The molecule has 134 valence electrons. The number of hydrogen-bond acceptors (Lipinski definition) is 7. The fraction of sp³-hybridized carbons (Fsp3) is 0.812. The molecule has 4 bridgehead atoms. The van der Waals surface area contributed by atoms with Gasteiger partial charge in [0.1, 0.15) is 5.78 Å². The molecular formula is C16H24N2O6. The minimum atomic E-state index is -2.14. The SMILES string of the molecule is CCC(N)(C(=O)OCC12CC3CC(C1)C(C2)C3=O)[N+]([O-])(C=O)OC. The van der Waals surface area contributed by atoms with E-state index in [4.69, 9.17) is 10.5 Å². The number of ether oxygens (including phenoxy) is 1. The number of esters is 1. The first-order chi connectivity index (χ1) is 11.2. The Morgan fingerprint density at radius 3 is 2.71 bits per heavy atom. The van der Waals surface area contributed by atoms with E-state index in [1.54, 1.807) is 0 Å². The summed E-state index contributed by atoms with van der Waals surface area (Å²) in [5.41, 5.74) is 3.55. The molecule has 6 atom stereocenters. The average Bonchev–Trinajstić information content (AvgIpc) is 2.98. The molecule has 4 aliphatic carbocycles. The molecular weight excluding hydrogens is 316 g/mol. The number of hydrogen-bond donors (Lipinski definition) is 1. The summed E-state index contributed by atoms with van der Waals surface area (Å²) in [5.74, 6) is -0.0147. The van der Waals surface area contributed by atoms with E-state index in [2.05, 4.69) is 4.84 Å². The molecule has 4 aliphatic rings. The van der Waals surface area contributed by atoms with Crippen LogP contribution in [0.15, 0.2) is 0 Å². The van der Waals surface area contributed by atoms with Crippen molar-refractivity contribution in [2.45, 2.75) is 44.7 Å². The highest BCUT2D eigenvalue weighted by Crippen LogP contribution is 2.62.